The van der Waals surface area contributed by atoms with Gasteiger partial charge in [-0.15, -0.1) is 0 Å². The Labute approximate surface area is 142 Å². The van der Waals surface area contributed by atoms with Crippen molar-refractivity contribution in [2.75, 3.05) is 5.75 Å². The molecule has 0 fully saturated rings. The Bertz CT molecular complexity index is 872. The third kappa shape index (κ3) is 3.67. The second kappa shape index (κ2) is 6.77. The molecule has 0 spiro atoms. The van der Waals surface area contributed by atoms with Crippen LogP contribution in [-0.4, -0.2) is 20.1 Å². The van der Waals surface area contributed by atoms with Crippen LogP contribution >= 0.6 is 0 Å². The van der Waals surface area contributed by atoms with E-state index in [2.05, 4.69) is 5.32 Å². The summed E-state index contributed by atoms with van der Waals surface area (Å²) >= 11 is 0. The average Bonchev–Trinajstić information content (AvgIpc) is 2.55. The summed E-state index contributed by atoms with van der Waals surface area (Å²) in [7, 11) is -3.12. The topological polar surface area (TPSA) is 63.2 Å². The van der Waals surface area contributed by atoms with Gasteiger partial charge in [0.2, 0.25) is 5.91 Å². The number of rotatable bonds is 4. The highest BCUT2D eigenvalue weighted by molar-refractivity contribution is 7.91. The predicted molar refractivity (Wildman–Crippen MR) is 93.5 cm³/mol. The van der Waals surface area contributed by atoms with Crippen molar-refractivity contribution in [3.8, 4) is 0 Å². The molecule has 0 bridgehead atoms. The summed E-state index contributed by atoms with van der Waals surface area (Å²) in [5, 5.41) is 2.91. The molecule has 1 aliphatic heterocycles. The van der Waals surface area contributed by atoms with Gasteiger partial charge in [-0.05, 0) is 48.1 Å². The lowest BCUT2D eigenvalue weighted by Crippen LogP contribution is -2.25. The highest BCUT2D eigenvalue weighted by Gasteiger charge is 2.23. The first-order valence-electron chi connectivity index (χ1n) is 8.11. The van der Waals surface area contributed by atoms with Crippen molar-refractivity contribution in [2.45, 2.75) is 37.6 Å². The quantitative estimate of drug-likeness (QED) is 0.928. The van der Waals surface area contributed by atoms with E-state index in [1.54, 1.807) is 12.1 Å². The Balaban J connectivity index is 1.65. The number of carbonyl (C=O) groups is 1. The second-order valence-electron chi connectivity index (χ2n) is 6.24. The van der Waals surface area contributed by atoms with E-state index in [0.29, 0.717) is 24.3 Å². The molecule has 0 aliphatic carbocycles. The van der Waals surface area contributed by atoms with Crippen molar-refractivity contribution in [3.63, 3.8) is 0 Å². The standard InChI is InChI=1S/C19H21NO3S/c1-14-5-2-3-6-16(14)12-19(21)20-13-15-8-9-18-17(11-15)7-4-10-24(18,22)23/h2-3,5-6,8-9,11H,4,7,10,12-13H2,1H3,(H,20,21). The van der Waals surface area contributed by atoms with E-state index in [9.17, 15) is 13.2 Å². The molecule has 1 heterocycles. The SMILES string of the molecule is Cc1ccccc1CC(=O)NCc1ccc2c(c1)CCCS2(=O)=O. The minimum atomic E-state index is -3.12. The number of aryl methyl sites for hydroxylation is 2. The van der Waals surface area contributed by atoms with Crippen molar-refractivity contribution < 1.29 is 13.2 Å². The lowest BCUT2D eigenvalue weighted by Gasteiger charge is -2.17. The van der Waals surface area contributed by atoms with Crippen molar-refractivity contribution in [1.29, 1.82) is 0 Å². The van der Waals surface area contributed by atoms with Gasteiger partial charge in [0.15, 0.2) is 9.84 Å². The molecule has 5 heteroatoms. The molecule has 1 N–H and O–H groups in total. The molecule has 0 aromatic heterocycles. The molecule has 0 saturated carbocycles. The average molecular weight is 343 g/mol. The molecule has 1 aliphatic rings. The smallest absolute Gasteiger partial charge is 0.224 e. The van der Waals surface area contributed by atoms with E-state index in [-0.39, 0.29) is 11.7 Å². The van der Waals surface area contributed by atoms with E-state index in [1.807, 2.05) is 37.3 Å². The highest BCUT2D eigenvalue weighted by atomic mass is 32.2. The van der Waals surface area contributed by atoms with Gasteiger partial charge in [0.05, 0.1) is 17.1 Å². The summed E-state index contributed by atoms with van der Waals surface area (Å²) in [6.07, 6.45) is 1.80. The number of amides is 1. The molecule has 24 heavy (non-hydrogen) atoms. The third-order valence-corrected chi connectivity index (χ3v) is 6.32. The fourth-order valence-electron chi connectivity index (χ4n) is 3.05. The summed E-state index contributed by atoms with van der Waals surface area (Å²) in [4.78, 5) is 12.6. The van der Waals surface area contributed by atoms with E-state index < -0.39 is 9.84 Å². The number of benzene rings is 2. The van der Waals surface area contributed by atoms with Crippen LogP contribution < -0.4 is 5.32 Å². The van der Waals surface area contributed by atoms with Crippen LogP contribution in [0, 0.1) is 6.92 Å². The van der Waals surface area contributed by atoms with Crippen LogP contribution in [-0.2, 0) is 34.0 Å². The normalized spacial score (nSPS) is 15.5. The Hall–Kier alpha value is -2.14. The van der Waals surface area contributed by atoms with E-state index in [1.165, 1.54) is 0 Å². The largest absolute Gasteiger partial charge is 0.352 e. The highest BCUT2D eigenvalue weighted by Crippen LogP contribution is 2.25. The van der Waals surface area contributed by atoms with Crippen LogP contribution in [0.4, 0.5) is 0 Å². The van der Waals surface area contributed by atoms with Crippen LogP contribution in [0.5, 0.6) is 0 Å². The first kappa shape index (κ1) is 16.7. The Morgan fingerprint density at radius 2 is 1.96 bits per heavy atom. The number of sulfone groups is 1. The molecule has 1 amide bonds. The summed E-state index contributed by atoms with van der Waals surface area (Å²) in [6, 6.07) is 13.2. The van der Waals surface area contributed by atoms with Crippen LogP contribution in [0.1, 0.15) is 28.7 Å². The summed E-state index contributed by atoms with van der Waals surface area (Å²) < 4.78 is 24.0. The maximum absolute atomic E-state index is 12.1. The monoisotopic (exact) mass is 343 g/mol. The van der Waals surface area contributed by atoms with Gasteiger partial charge in [-0.25, -0.2) is 8.42 Å². The van der Waals surface area contributed by atoms with Gasteiger partial charge in [-0.1, -0.05) is 36.4 Å². The fourth-order valence-corrected chi connectivity index (χ4v) is 4.63. The Morgan fingerprint density at radius 3 is 2.75 bits per heavy atom. The summed E-state index contributed by atoms with van der Waals surface area (Å²) in [5.41, 5.74) is 3.93. The van der Waals surface area contributed by atoms with Gasteiger partial charge < -0.3 is 5.32 Å². The zero-order chi connectivity index (χ0) is 17.2. The minimum absolute atomic E-state index is 0.0327. The lowest BCUT2D eigenvalue weighted by molar-refractivity contribution is -0.120. The second-order valence-corrected chi connectivity index (χ2v) is 8.32. The number of hydrogen-bond acceptors (Lipinski definition) is 3. The maximum Gasteiger partial charge on any atom is 0.224 e. The minimum Gasteiger partial charge on any atom is -0.352 e. The molecule has 0 saturated heterocycles. The summed E-state index contributed by atoms with van der Waals surface area (Å²) in [5.74, 6) is 0.196. The fraction of sp³-hybridized carbons (Fsp3) is 0.316. The molecule has 0 radical (unpaired) electrons. The molecule has 4 nitrogen and oxygen atoms in total. The first-order chi connectivity index (χ1) is 11.5. The predicted octanol–water partition coefficient (Wildman–Crippen LogP) is 2.57. The Morgan fingerprint density at radius 1 is 1.17 bits per heavy atom. The summed E-state index contributed by atoms with van der Waals surface area (Å²) in [6.45, 7) is 2.41. The molecular formula is C19H21NO3S. The van der Waals surface area contributed by atoms with Gasteiger partial charge >= 0.3 is 0 Å². The molecule has 3 rings (SSSR count). The zero-order valence-corrected chi connectivity index (χ0v) is 14.5. The molecule has 2 aromatic rings. The maximum atomic E-state index is 12.1. The molecule has 2 aromatic carbocycles. The van der Waals surface area contributed by atoms with Gasteiger partial charge in [-0.2, -0.15) is 0 Å². The van der Waals surface area contributed by atoms with Crippen LogP contribution in [0.25, 0.3) is 0 Å². The Kier molecular flexibility index (Phi) is 4.71. The lowest BCUT2D eigenvalue weighted by atomic mass is 10.0. The number of nitrogens with one attached hydrogen (secondary N) is 1. The van der Waals surface area contributed by atoms with Crippen LogP contribution in [0.2, 0.25) is 0 Å². The third-order valence-electron chi connectivity index (χ3n) is 4.42. The van der Waals surface area contributed by atoms with E-state index in [4.69, 9.17) is 0 Å². The number of hydrogen-bond donors (Lipinski definition) is 1. The number of fused-ring (bicyclic) bond motifs is 1. The molecule has 126 valence electrons. The zero-order valence-electron chi connectivity index (χ0n) is 13.7. The first-order valence-corrected chi connectivity index (χ1v) is 9.77. The van der Waals surface area contributed by atoms with Gasteiger partial charge in [0.1, 0.15) is 0 Å². The van der Waals surface area contributed by atoms with Crippen molar-refractivity contribution in [2.24, 2.45) is 0 Å². The molecule has 0 unspecified atom stereocenters. The van der Waals surface area contributed by atoms with E-state index >= 15 is 0 Å². The number of carbonyl (C=O) groups excluding carboxylic acids is 1. The van der Waals surface area contributed by atoms with Crippen LogP contribution in [0.3, 0.4) is 0 Å². The molecule has 0 atom stereocenters. The van der Waals surface area contributed by atoms with E-state index in [0.717, 1.165) is 28.7 Å². The molecular weight excluding hydrogens is 322 g/mol. The van der Waals surface area contributed by atoms with Gasteiger partial charge in [0, 0.05) is 6.54 Å². The van der Waals surface area contributed by atoms with Crippen molar-refractivity contribution >= 4 is 15.7 Å². The van der Waals surface area contributed by atoms with Crippen molar-refractivity contribution in [3.05, 3.63) is 64.7 Å². The van der Waals surface area contributed by atoms with Crippen molar-refractivity contribution in [1.82, 2.24) is 5.32 Å². The van der Waals surface area contributed by atoms with Gasteiger partial charge in [-0.3, -0.25) is 4.79 Å². The van der Waals surface area contributed by atoms with Crippen LogP contribution in [0.15, 0.2) is 47.4 Å². The van der Waals surface area contributed by atoms with Gasteiger partial charge in [0.25, 0.3) is 0 Å².